The molecule has 26 nitrogen and oxygen atoms in total. The molecule has 0 saturated carbocycles. The second-order valence-electron chi connectivity index (χ2n) is 39.4. The number of thiazole rings is 1. The Bertz CT molecular complexity index is 8300. The molecule has 1 unspecified atom stereocenters. The lowest BCUT2D eigenvalue weighted by atomic mass is 9.99. The second-order valence-corrected chi connectivity index (χ2v) is 41.5. The number of likely N-dealkylation sites (tertiary alicyclic amines) is 1. The van der Waals surface area contributed by atoms with Crippen LogP contribution in [0.4, 0.5) is 13.2 Å². The number of methoxy groups -OCH3 is 1. The number of nitrogens with one attached hydrogen (secondary N) is 6. The lowest BCUT2D eigenvalue weighted by Crippen LogP contribution is -2.31. The minimum absolute atomic E-state index is 0.222. The van der Waals surface area contributed by atoms with Crippen LogP contribution in [0.1, 0.15) is 190 Å². The summed E-state index contributed by atoms with van der Waals surface area (Å²) in [6.45, 7) is 31.1. The first-order valence-electron chi connectivity index (χ1n) is 48.5. The van der Waals surface area contributed by atoms with E-state index in [0.717, 1.165) is 167 Å². The van der Waals surface area contributed by atoms with Gasteiger partial charge in [-0.2, -0.15) is 30.6 Å². The number of piperidine rings is 1. The zero-order chi connectivity index (χ0) is 107. The van der Waals surface area contributed by atoms with Crippen LogP contribution in [0.15, 0.2) is 195 Å². The summed E-state index contributed by atoms with van der Waals surface area (Å²) in [6, 6.07) is 28.7. The van der Waals surface area contributed by atoms with Crippen LogP contribution in [0.25, 0.3) is 116 Å². The van der Waals surface area contributed by atoms with Gasteiger partial charge in [0.05, 0.1) is 70.4 Å². The highest BCUT2D eigenvalue weighted by Crippen LogP contribution is 2.43. The van der Waals surface area contributed by atoms with E-state index in [9.17, 15) is 43.8 Å². The van der Waals surface area contributed by atoms with Gasteiger partial charge in [-0.15, -0.1) is 11.3 Å². The van der Waals surface area contributed by atoms with E-state index in [1.165, 1.54) is 51.2 Å². The normalized spacial score (nSPS) is 13.1. The van der Waals surface area contributed by atoms with Crippen LogP contribution in [0.5, 0.6) is 0 Å². The highest BCUT2D eigenvalue weighted by atomic mass is 35.5. The Morgan fingerprint density at radius 2 is 0.859 bits per heavy atom. The maximum Gasteiger partial charge on any atom is 0.174 e. The number of hydrogen-bond donors (Lipinski definition) is 12. The first-order valence-corrected chi connectivity index (χ1v) is 50.6. The first kappa shape index (κ1) is 109. The van der Waals surface area contributed by atoms with Crippen molar-refractivity contribution in [3.63, 3.8) is 0 Å². The van der Waals surface area contributed by atoms with E-state index in [1.54, 1.807) is 132 Å². The van der Waals surface area contributed by atoms with E-state index < -0.39 is 51.1 Å². The van der Waals surface area contributed by atoms with Crippen LogP contribution in [-0.2, 0) is 36.4 Å². The Labute approximate surface area is 881 Å². The number of allylic oxidation sites excluding steroid dienone is 1. The number of halogens is 6. The molecule has 1 aliphatic heterocycles. The standard InChI is InChI=1S/C22H24ClFN4O.C20H21ClFN3O2.C19H15N3OS.C19H21N3O.C18H17ClFN3O.C18H19N3O/c1-22(2,29)7-4-14-10-16-18(17-12-25-26-21(17)23)13-28(20(16)11-19(14)24)15-5-8-27(3)9-6-15;1-20(2,26)6-5-13-9-14-16(15-11-23-24-19(15)21)12-25(7-4-8-27-3)18(14)10-17(13)22;1-19(23,18-20-8-9-24-18)7-6-13-2-3-14-4-5-16(17(14)10-13)15-11-21-22-12-15;1-13(2)22-12-17(15-10-20-21-11-15)16-9-14(5-6-18(16)22)7-8-19(3,4)23;1-4-23-10-14(13-9-21-22-17(13)19)12-7-11(5-6-18(2,3)24)15(20)8-16(12)23;1-4-21-12-16(14-10-19-20-11-14)15-9-13(5-6-17(15)21)7-8-18(2,3)22/h10-13,15,29H,5-6,8-9H2,1-3H3,(H,25,26);9-12,26H,4,7-8H2,1-3H3,(H,23,24);2-3,5,8-12,23H,4H2,1H3,(H,21,22);5-6,9-13,23H,1-4H3,(H,20,21);7-10,24H,4H2,1-3H3,(H,21,22);5-6,9-12,22H,4H2,1-3H3,(H,19,20). The quantitative estimate of drug-likeness (QED) is 0.0335. The van der Waals surface area contributed by atoms with E-state index >= 15 is 0 Å². The second kappa shape index (κ2) is 46.0. The summed E-state index contributed by atoms with van der Waals surface area (Å²) in [6.07, 6.45) is 33.9. The Kier molecular flexibility index (Phi) is 33.5. The molecule has 33 heteroatoms. The monoisotopic (exact) mass is 2080 g/mol. The number of aliphatic hydroxyl groups is 6. The minimum atomic E-state index is -1.24. The van der Waals surface area contributed by atoms with Crippen LogP contribution in [0.2, 0.25) is 15.5 Å². The van der Waals surface area contributed by atoms with Gasteiger partial charge in [0.2, 0.25) is 0 Å². The van der Waals surface area contributed by atoms with Crippen molar-refractivity contribution in [2.75, 3.05) is 33.9 Å². The van der Waals surface area contributed by atoms with Crippen LogP contribution >= 0.6 is 46.1 Å². The molecule has 766 valence electrons. The molecule has 1 atom stereocenters. The number of nitrogens with zero attached hydrogens (tertiary/aromatic N) is 13. The van der Waals surface area contributed by atoms with Crippen LogP contribution in [0, 0.1) is 88.5 Å². The average molecular weight is 2080 g/mol. The summed E-state index contributed by atoms with van der Waals surface area (Å²) in [5, 5.41) is 109. The van der Waals surface area contributed by atoms with Crippen molar-refractivity contribution < 1.29 is 48.5 Å². The molecule has 1 saturated heterocycles. The number of ether oxygens (including phenoxy) is 1. The van der Waals surface area contributed by atoms with E-state index in [1.807, 2.05) is 95.4 Å². The number of aromatic nitrogens is 18. The largest absolute Gasteiger partial charge is 0.385 e. The minimum Gasteiger partial charge on any atom is -0.385 e. The molecule has 0 radical (unpaired) electrons. The number of hydrogen-bond acceptors (Lipinski definition) is 16. The van der Waals surface area contributed by atoms with Gasteiger partial charge >= 0.3 is 0 Å². The van der Waals surface area contributed by atoms with Gasteiger partial charge in [-0.1, -0.05) is 118 Å². The number of aromatic amines is 6. The van der Waals surface area contributed by atoms with Crippen LogP contribution < -0.4 is 0 Å². The molecule has 13 heterocycles. The van der Waals surface area contributed by atoms with Gasteiger partial charge in [-0.3, -0.25) is 30.6 Å². The van der Waals surface area contributed by atoms with Crippen molar-refractivity contribution in [3.05, 3.63) is 283 Å². The molecule has 20 rings (SSSR count). The molecular weight excluding hydrogens is 1970 g/mol. The number of fused-ring (bicyclic) bond motifs is 6. The van der Waals surface area contributed by atoms with Crippen molar-refractivity contribution in [2.24, 2.45) is 0 Å². The van der Waals surface area contributed by atoms with Gasteiger partial charge < -0.3 is 63.1 Å². The maximum atomic E-state index is 14.9. The van der Waals surface area contributed by atoms with E-state index in [4.69, 9.17) is 39.5 Å². The molecule has 18 aromatic rings. The molecular formula is C116H117Cl3F3N19O7S. The molecule has 1 fully saturated rings. The van der Waals surface area contributed by atoms with Crippen molar-refractivity contribution in [3.8, 4) is 127 Å². The Morgan fingerprint density at radius 1 is 0.450 bits per heavy atom. The average Bonchev–Trinajstić information content (AvgIpc) is 1.61. The fourth-order valence-electron chi connectivity index (χ4n) is 17.2. The van der Waals surface area contributed by atoms with Crippen molar-refractivity contribution in [2.45, 2.75) is 195 Å². The molecule has 6 aromatic carbocycles. The number of rotatable bonds is 15. The first-order chi connectivity index (χ1) is 70.8. The zero-order valence-electron chi connectivity index (χ0n) is 85.8. The van der Waals surface area contributed by atoms with E-state index in [2.05, 4.69) is 239 Å². The maximum absolute atomic E-state index is 14.9. The van der Waals surface area contributed by atoms with Crippen LogP contribution in [0.3, 0.4) is 0 Å². The zero-order valence-corrected chi connectivity index (χ0v) is 88.9. The molecule has 2 aliphatic rings. The summed E-state index contributed by atoms with van der Waals surface area (Å²) < 4.78 is 59.6. The summed E-state index contributed by atoms with van der Waals surface area (Å²) in [5.41, 5.74) is 15.2. The van der Waals surface area contributed by atoms with Crippen molar-refractivity contribution >= 4 is 106 Å². The SMILES string of the molecule is CC(C)n1cc(-c2cn[nH]c2)c2cc(C#CC(C)(C)O)ccc21.CC(O)(C#Cc1ccc2c(c1)C(c1cn[nH]c1)=CC2)c1nccs1.CCn1cc(-c2cn[nH]c2)c2cc(C#CC(C)(C)O)ccc21.CCn1cc(-c2cn[nH]c2Cl)c2cc(C#CC(C)(C)O)c(F)cc21.CN1CCC(n2cc(-c3cn[nH]c3Cl)c3cc(C#CC(C)(C)O)c(F)cc32)CC1.COCCCn1cc(-c2cn[nH]c2Cl)c2cc(C#CC(C)(C)O)c(F)cc21. The predicted molar refractivity (Wildman–Crippen MR) is 587 cm³/mol. The molecule has 0 amide bonds. The third-order valence-electron chi connectivity index (χ3n) is 24.5. The third-order valence-corrected chi connectivity index (χ3v) is 26.3. The summed E-state index contributed by atoms with van der Waals surface area (Å²) in [7, 11) is 3.77. The lowest BCUT2D eigenvalue weighted by molar-refractivity contribution is 0.121. The van der Waals surface area contributed by atoms with Gasteiger partial charge in [0.25, 0.3) is 0 Å². The van der Waals surface area contributed by atoms with Gasteiger partial charge in [-0.25, -0.2) is 18.2 Å². The highest BCUT2D eigenvalue weighted by molar-refractivity contribution is 7.09. The highest BCUT2D eigenvalue weighted by Gasteiger charge is 2.29. The van der Waals surface area contributed by atoms with Gasteiger partial charge in [0.1, 0.15) is 65.9 Å². The van der Waals surface area contributed by atoms with Gasteiger partial charge in [0.15, 0.2) is 5.60 Å². The Morgan fingerprint density at radius 3 is 1.31 bits per heavy atom. The summed E-state index contributed by atoms with van der Waals surface area (Å²) in [5.74, 6) is 32.8. The Hall–Kier alpha value is -14.7. The van der Waals surface area contributed by atoms with Crippen molar-refractivity contribution in [1.82, 2.24) is 93.9 Å². The fraction of sp³-hybridized carbons (Fsp3) is 0.302. The molecule has 12 N–H and O–H groups in total. The molecule has 0 spiro atoms. The predicted octanol–water partition coefficient (Wildman–Crippen LogP) is 22.2. The van der Waals surface area contributed by atoms with E-state index in [-0.39, 0.29) is 16.7 Å². The number of aryl methyl sites for hydroxylation is 3. The smallest absolute Gasteiger partial charge is 0.174 e. The van der Waals surface area contributed by atoms with Gasteiger partial charge in [-0.05, 0) is 251 Å². The fourth-order valence-corrected chi connectivity index (χ4v) is 18.4. The molecule has 1 aliphatic carbocycles. The molecule has 12 aromatic heterocycles. The number of H-pyrrole nitrogens is 6. The summed E-state index contributed by atoms with van der Waals surface area (Å²) >= 11 is 20.1. The van der Waals surface area contributed by atoms with Crippen LogP contribution in [-0.4, -0.2) is 186 Å². The number of benzene rings is 6. The topological polar surface area (TPSA) is 343 Å². The molecule has 0 bridgehead atoms. The third kappa shape index (κ3) is 26.9. The molecule has 149 heavy (non-hydrogen) atoms. The van der Waals surface area contributed by atoms with E-state index in [0.29, 0.717) is 52.2 Å². The van der Waals surface area contributed by atoms with Crippen molar-refractivity contribution in [1.29, 1.82) is 0 Å². The Balaban J connectivity index is 0.000000134. The van der Waals surface area contributed by atoms with Gasteiger partial charge in [0, 0.05) is 222 Å². The summed E-state index contributed by atoms with van der Waals surface area (Å²) in [4.78, 5) is 6.46. The lowest BCUT2D eigenvalue weighted by Gasteiger charge is -2.30.